The van der Waals surface area contributed by atoms with Crippen LogP contribution in [0.15, 0.2) is 16.1 Å². The van der Waals surface area contributed by atoms with Crippen LogP contribution in [0.4, 0.5) is 5.95 Å². The van der Waals surface area contributed by atoms with Crippen molar-refractivity contribution in [3.63, 3.8) is 0 Å². The number of carbonyl (C=O) groups is 1. The fraction of sp³-hybridized carbons (Fsp3) is 0.611. The molecule has 14 nitrogen and oxygen atoms in total. The normalized spacial score (nSPS) is 25.6. The number of nitrogens with one attached hydrogen (secondary N) is 2. The van der Waals surface area contributed by atoms with Gasteiger partial charge in [-0.15, -0.1) is 0 Å². The summed E-state index contributed by atoms with van der Waals surface area (Å²) in [5, 5.41) is 33.1. The molecule has 0 aliphatic carbocycles. The lowest BCUT2D eigenvalue weighted by Crippen LogP contribution is -2.50. The Morgan fingerprint density at radius 2 is 2.25 bits per heavy atom. The average molecular weight is 453 g/mol. The molecule has 0 aromatic carbocycles. The Hall–Kier alpha value is -2.91. The SMILES string of the molecule is CNC(=O)CCO[C@@H]1[C@H](O)[C@@H](CO)O[C@@]1(CO)n1cnc2c(=O)[nH]c(N=CN(C)C)nc21. The van der Waals surface area contributed by atoms with Gasteiger partial charge in [0.25, 0.3) is 5.56 Å². The van der Waals surface area contributed by atoms with Crippen molar-refractivity contribution in [1.82, 2.24) is 29.7 Å². The van der Waals surface area contributed by atoms with Gasteiger partial charge in [0.2, 0.25) is 11.9 Å². The van der Waals surface area contributed by atoms with Crippen molar-refractivity contribution in [2.24, 2.45) is 4.99 Å². The van der Waals surface area contributed by atoms with E-state index in [0.29, 0.717) is 0 Å². The van der Waals surface area contributed by atoms with Crippen molar-refractivity contribution in [3.05, 3.63) is 16.7 Å². The summed E-state index contributed by atoms with van der Waals surface area (Å²) in [6.07, 6.45) is -0.988. The zero-order valence-electron chi connectivity index (χ0n) is 17.9. The summed E-state index contributed by atoms with van der Waals surface area (Å²) in [5.74, 6) is -0.295. The predicted molar refractivity (Wildman–Crippen MR) is 111 cm³/mol. The van der Waals surface area contributed by atoms with Crippen molar-refractivity contribution in [1.29, 1.82) is 0 Å². The van der Waals surface area contributed by atoms with E-state index in [1.54, 1.807) is 19.0 Å². The van der Waals surface area contributed by atoms with Gasteiger partial charge in [0, 0.05) is 27.6 Å². The molecule has 0 bridgehead atoms. The lowest BCUT2D eigenvalue weighted by molar-refractivity contribution is -0.183. The first-order chi connectivity index (χ1) is 15.3. The molecule has 0 unspecified atom stereocenters. The maximum absolute atomic E-state index is 12.5. The molecule has 3 rings (SSSR count). The number of ether oxygens (including phenoxy) is 2. The standard InChI is InChI=1S/C18H27N7O7/c1-19-11(28)4-5-31-14-13(29)10(6-26)32-18(14,7-27)25-9-20-12-15(25)22-17(23-16(12)30)21-8-24(2)3/h8-10,13-14,26-27,29H,4-7H2,1-3H3,(H,19,28)(H,22,23,30)/t10-,13-,14-,18-/m1/s1. The van der Waals surface area contributed by atoms with Gasteiger partial charge in [-0.25, -0.2) is 9.98 Å². The third kappa shape index (κ3) is 4.35. The van der Waals surface area contributed by atoms with Crippen molar-refractivity contribution < 1.29 is 29.6 Å². The highest BCUT2D eigenvalue weighted by molar-refractivity contribution is 5.75. The Labute approximate surface area is 182 Å². The quantitative estimate of drug-likeness (QED) is 0.197. The Kier molecular flexibility index (Phi) is 7.20. The molecule has 1 aliphatic rings. The number of H-pyrrole nitrogens is 1. The Bertz CT molecular complexity index is 1040. The number of aliphatic hydroxyl groups is 3. The first kappa shape index (κ1) is 23.7. The van der Waals surface area contributed by atoms with Crippen LogP contribution in [-0.2, 0) is 20.0 Å². The predicted octanol–water partition coefficient (Wildman–Crippen LogP) is -2.74. The zero-order chi connectivity index (χ0) is 23.5. The molecule has 0 saturated carbocycles. The van der Waals surface area contributed by atoms with Crippen LogP contribution in [0.3, 0.4) is 0 Å². The van der Waals surface area contributed by atoms with Crippen LogP contribution in [0.1, 0.15) is 6.42 Å². The molecule has 32 heavy (non-hydrogen) atoms. The Morgan fingerprint density at radius 3 is 2.88 bits per heavy atom. The van der Waals surface area contributed by atoms with Gasteiger partial charge in [-0.1, -0.05) is 0 Å². The Morgan fingerprint density at radius 1 is 1.50 bits per heavy atom. The van der Waals surface area contributed by atoms with Crippen LogP contribution in [0.25, 0.3) is 11.2 Å². The van der Waals surface area contributed by atoms with Crippen LogP contribution in [0.2, 0.25) is 0 Å². The molecular formula is C18H27N7O7. The van der Waals surface area contributed by atoms with Gasteiger partial charge in [0.1, 0.15) is 18.3 Å². The van der Waals surface area contributed by atoms with Crippen molar-refractivity contribution >= 4 is 29.4 Å². The van der Waals surface area contributed by atoms with Crippen LogP contribution in [0.5, 0.6) is 0 Å². The minimum Gasteiger partial charge on any atom is -0.394 e. The minimum atomic E-state index is -1.77. The number of rotatable bonds is 9. The van der Waals surface area contributed by atoms with Crippen LogP contribution in [0, 0.1) is 0 Å². The van der Waals surface area contributed by atoms with Crippen LogP contribution >= 0.6 is 0 Å². The fourth-order valence-electron chi connectivity index (χ4n) is 3.44. The van der Waals surface area contributed by atoms with Crippen LogP contribution in [-0.4, -0.2) is 111 Å². The van der Waals surface area contributed by atoms with E-state index in [9.17, 15) is 24.9 Å². The minimum absolute atomic E-state index is 0.00296. The molecule has 5 N–H and O–H groups in total. The van der Waals surface area contributed by atoms with E-state index in [0.717, 1.165) is 0 Å². The summed E-state index contributed by atoms with van der Waals surface area (Å²) in [6.45, 7) is -1.36. The van der Waals surface area contributed by atoms with E-state index >= 15 is 0 Å². The number of nitrogens with zero attached hydrogens (tertiary/aromatic N) is 5. The number of hydrogen-bond acceptors (Lipinski definition) is 10. The lowest BCUT2D eigenvalue weighted by Gasteiger charge is -2.34. The first-order valence-electron chi connectivity index (χ1n) is 9.85. The highest BCUT2D eigenvalue weighted by Crippen LogP contribution is 2.39. The molecule has 1 amide bonds. The average Bonchev–Trinajstić information content (AvgIpc) is 3.32. The van der Waals surface area contributed by atoms with Gasteiger partial charge in [-0.05, 0) is 0 Å². The molecule has 1 aliphatic heterocycles. The number of aromatic nitrogens is 4. The van der Waals surface area contributed by atoms with E-state index in [-0.39, 0.29) is 36.0 Å². The molecule has 4 atom stereocenters. The fourth-order valence-corrected chi connectivity index (χ4v) is 3.44. The maximum Gasteiger partial charge on any atom is 0.280 e. The van der Waals surface area contributed by atoms with Crippen molar-refractivity contribution in [2.45, 2.75) is 30.5 Å². The highest BCUT2D eigenvalue weighted by atomic mass is 16.6. The molecule has 176 valence electrons. The zero-order valence-corrected chi connectivity index (χ0v) is 17.9. The molecular weight excluding hydrogens is 426 g/mol. The second kappa shape index (κ2) is 9.70. The molecule has 2 aromatic rings. The second-order valence-electron chi connectivity index (χ2n) is 7.43. The smallest absolute Gasteiger partial charge is 0.280 e. The third-order valence-electron chi connectivity index (χ3n) is 5.02. The van der Waals surface area contributed by atoms with E-state index in [1.165, 1.54) is 24.3 Å². The summed E-state index contributed by atoms with van der Waals surface area (Å²) >= 11 is 0. The number of fused-ring (bicyclic) bond motifs is 1. The number of hydrogen-bond donors (Lipinski definition) is 5. The van der Waals surface area contributed by atoms with Gasteiger partial charge in [0.05, 0.1) is 32.5 Å². The summed E-state index contributed by atoms with van der Waals surface area (Å²) in [5.41, 5.74) is -2.36. The topological polar surface area (TPSA) is 187 Å². The number of aliphatic imine (C=N–C) groups is 1. The molecule has 1 saturated heterocycles. The second-order valence-corrected chi connectivity index (χ2v) is 7.43. The van der Waals surface area contributed by atoms with Crippen molar-refractivity contribution in [2.75, 3.05) is 41.0 Å². The molecule has 0 radical (unpaired) electrons. The van der Waals surface area contributed by atoms with Gasteiger partial charge < -0.3 is 35.0 Å². The molecule has 3 heterocycles. The molecule has 1 fully saturated rings. The highest BCUT2D eigenvalue weighted by Gasteiger charge is 2.57. The van der Waals surface area contributed by atoms with E-state index in [2.05, 4.69) is 25.3 Å². The van der Waals surface area contributed by atoms with Gasteiger partial charge in [-0.2, -0.15) is 4.98 Å². The maximum atomic E-state index is 12.5. The van der Waals surface area contributed by atoms with E-state index < -0.39 is 42.8 Å². The molecule has 0 spiro atoms. The summed E-state index contributed by atoms with van der Waals surface area (Å²) < 4.78 is 12.8. The van der Waals surface area contributed by atoms with Crippen LogP contribution < -0.4 is 10.9 Å². The van der Waals surface area contributed by atoms with Gasteiger partial charge >= 0.3 is 0 Å². The monoisotopic (exact) mass is 453 g/mol. The van der Waals surface area contributed by atoms with E-state index in [4.69, 9.17) is 9.47 Å². The summed E-state index contributed by atoms with van der Waals surface area (Å²) in [7, 11) is 4.97. The number of amides is 1. The molecule has 14 heteroatoms. The van der Waals surface area contributed by atoms with Crippen molar-refractivity contribution in [3.8, 4) is 0 Å². The lowest BCUT2D eigenvalue weighted by atomic mass is 10.0. The summed E-state index contributed by atoms with van der Waals surface area (Å²) in [6, 6.07) is 0. The number of aliphatic hydroxyl groups excluding tert-OH is 3. The first-order valence-corrected chi connectivity index (χ1v) is 9.85. The van der Waals surface area contributed by atoms with Gasteiger partial charge in [-0.3, -0.25) is 19.1 Å². The van der Waals surface area contributed by atoms with Gasteiger partial charge in [0.15, 0.2) is 16.9 Å². The third-order valence-corrected chi connectivity index (χ3v) is 5.02. The number of aromatic amines is 1. The number of carbonyl (C=O) groups excluding carboxylic acids is 1. The van der Waals surface area contributed by atoms with E-state index in [1.807, 2.05) is 0 Å². The largest absolute Gasteiger partial charge is 0.394 e. The Balaban J connectivity index is 2.07. The number of imidazole rings is 1. The summed E-state index contributed by atoms with van der Waals surface area (Å²) in [4.78, 5) is 40.6. The molecule has 2 aromatic heterocycles.